The van der Waals surface area contributed by atoms with Crippen LogP contribution in [0.4, 0.5) is 5.95 Å². The first-order valence-electron chi connectivity index (χ1n) is 7.71. The minimum atomic E-state index is -0.898. The third-order valence-corrected chi connectivity index (χ3v) is 4.03. The first-order valence-corrected chi connectivity index (χ1v) is 7.71. The lowest BCUT2D eigenvalue weighted by molar-refractivity contribution is -0.117. The van der Waals surface area contributed by atoms with Crippen LogP contribution in [0.15, 0.2) is 64.5 Å². The summed E-state index contributed by atoms with van der Waals surface area (Å²) < 4.78 is 5.15. The van der Waals surface area contributed by atoms with Crippen molar-refractivity contribution >= 4 is 17.6 Å². The van der Waals surface area contributed by atoms with Crippen molar-refractivity contribution in [3.63, 3.8) is 0 Å². The molecule has 0 radical (unpaired) electrons. The Balaban J connectivity index is 1.88. The van der Waals surface area contributed by atoms with Gasteiger partial charge in [0.25, 0.3) is 11.9 Å². The Morgan fingerprint density at radius 2 is 1.96 bits per heavy atom. The van der Waals surface area contributed by atoms with E-state index in [-0.39, 0.29) is 17.3 Å². The van der Waals surface area contributed by atoms with E-state index in [1.807, 2.05) is 6.07 Å². The molecule has 0 unspecified atom stereocenters. The Kier molecular flexibility index (Phi) is 3.61. The fourth-order valence-electron chi connectivity index (χ4n) is 2.91. The number of nitrogens with zero attached hydrogens (tertiary/aromatic N) is 5. The number of ketones is 1. The third kappa shape index (κ3) is 2.37. The predicted molar refractivity (Wildman–Crippen MR) is 88.2 cm³/mol. The average molecular weight is 351 g/mol. The van der Waals surface area contributed by atoms with Crippen molar-refractivity contribution in [1.82, 2.24) is 20.2 Å². The molecule has 2 aromatic heterocycles. The van der Waals surface area contributed by atoms with Gasteiger partial charge in [0.05, 0.1) is 24.9 Å². The zero-order valence-electron chi connectivity index (χ0n) is 13.6. The van der Waals surface area contributed by atoms with Crippen molar-refractivity contribution in [2.75, 3.05) is 4.90 Å². The molecule has 9 nitrogen and oxygen atoms in total. The first kappa shape index (κ1) is 15.8. The maximum atomic E-state index is 12.9. The number of amides is 1. The number of aromatic nitrogens is 4. The third-order valence-electron chi connectivity index (χ3n) is 4.03. The van der Waals surface area contributed by atoms with Crippen LogP contribution in [0.2, 0.25) is 0 Å². The highest BCUT2D eigenvalue weighted by molar-refractivity contribution is 6.19. The van der Waals surface area contributed by atoms with Crippen LogP contribution in [-0.2, 0) is 11.8 Å². The number of aliphatic hydroxyl groups excluding tert-OH is 1. The molecule has 4 rings (SSSR count). The van der Waals surface area contributed by atoms with Gasteiger partial charge in [-0.2, -0.15) is 4.80 Å². The molecule has 26 heavy (non-hydrogen) atoms. The molecule has 3 heterocycles. The number of aliphatic hydroxyl groups is 1. The molecule has 0 aliphatic carbocycles. The van der Waals surface area contributed by atoms with Crippen LogP contribution in [0.3, 0.4) is 0 Å². The van der Waals surface area contributed by atoms with Crippen LogP contribution in [0, 0.1) is 0 Å². The van der Waals surface area contributed by atoms with Crippen LogP contribution < -0.4 is 4.90 Å². The lowest BCUT2D eigenvalue weighted by Crippen LogP contribution is -2.32. The van der Waals surface area contributed by atoms with Crippen LogP contribution in [0.5, 0.6) is 0 Å². The maximum Gasteiger partial charge on any atom is 0.296 e. The summed E-state index contributed by atoms with van der Waals surface area (Å²) >= 11 is 0. The van der Waals surface area contributed by atoms with Gasteiger partial charge in [-0.25, -0.2) is 0 Å². The number of carbonyl (C=O) groups is 2. The standard InChI is InChI=1S/C17H13N5O4/c1-21-19-17(18-20-21)22-13(10-6-3-2-4-7-10)12(15(24)16(22)25)14(23)11-8-5-9-26-11/h2-9,13,24H,1H3/t13-/m1/s1. The number of furan rings is 1. The first-order chi connectivity index (χ1) is 12.6. The number of benzene rings is 1. The van der Waals surface area contributed by atoms with Gasteiger partial charge in [0.2, 0.25) is 5.78 Å². The summed E-state index contributed by atoms with van der Waals surface area (Å²) in [7, 11) is 1.55. The van der Waals surface area contributed by atoms with Crippen LogP contribution in [-0.4, -0.2) is 37.0 Å². The number of Topliss-reactive ketones (excluding diaryl/α,β-unsaturated/α-hetero) is 1. The SMILES string of the molecule is Cn1nnc(N2C(=O)C(O)=C(C(=O)c3ccco3)[C@H]2c2ccccc2)n1. The smallest absolute Gasteiger partial charge is 0.296 e. The molecule has 0 fully saturated rings. The van der Waals surface area contributed by atoms with Gasteiger partial charge in [0, 0.05) is 0 Å². The molecular formula is C17H13N5O4. The highest BCUT2D eigenvalue weighted by Crippen LogP contribution is 2.40. The van der Waals surface area contributed by atoms with E-state index in [9.17, 15) is 14.7 Å². The van der Waals surface area contributed by atoms with Gasteiger partial charge in [-0.1, -0.05) is 35.4 Å². The van der Waals surface area contributed by atoms with Crippen molar-refractivity contribution in [2.24, 2.45) is 7.05 Å². The highest BCUT2D eigenvalue weighted by Gasteiger charge is 2.46. The van der Waals surface area contributed by atoms with E-state index < -0.39 is 23.5 Å². The fraction of sp³-hybridized carbons (Fsp3) is 0.118. The average Bonchev–Trinajstić information content (AvgIpc) is 3.37. The monoisotopic (exact) mass is 351 g/mol. The number of rotatable bonds is 4. The van der Waals surface area contributed by atoms with E-state index in [0.29, 0.717) is 5.56 Å². The van der Waals surface area contributed by atoms with Crippen molar-refractivity contribution in [1.29, 1.82) is 0 Å². The minimum Gasteiger partial charge on any atom is -0.503 e. The van der Waals surface area contributed by atoms with Gasteiger partial charge in [0.1, 0.15) is 0 Å². The molecule has 1 amide bonds. The summed E-state index contributed by atoms with van der Waals surface area (Å²) in [5.41, 5.74) is 0.524. The number of carbonyl (C=O) groups excluding carboxylic acids is 2. The molecule has 9 heteroatoms. The zero-order chi connectivity index (χ0) is 18.3. The Hall–Kier alpha value is -3.75. The Morgan fingerprint density at radius 1 is 1.19 bits per heavy atom. The number of anilines is 1. The Labute approximate surface area is 147 Å². The topological polar surface area (TPSA) is 114 Å². The van der Waals surface area contributed by atoms with E-state index >= 15 is 0 Å². The van der Waals surface area contributed by atoms with Crippen LogP contribution in [0.1, 0.15) is 22.2 Å². The molecular weight excluding hydrogens is 338 g/mol. The maximum absolute atomic E-state index is 12.9. The molecule has 3 aromatic rings. The second kappa shape index (κ2) is 5.96. The fourth-order valence-corrected chi connectivity index (χ4v) is 2.91. The molecule has 1 aromatic carbocycles. The number of hydrogen-bond acceptors (Lipinski definition) is 7. The van der Waals surface area contributed by atoms with Crippen molar-refractivity contribution in [3.8, 4) is 0 Å². The second-order valence-corrected chi connectivity index (χ2v) is 5.64. The van der Waals surface area contributed by atoms with Gasteiger partial charge >= 0.3 is 0 Å². The molecule has 0 saturated heterocycles. The van der Waals surface area contributed by atoms with E-state index in [1.54, 1.807) is 37.4 Å². The van der Waals surface area contributed by atoms with Gasteiger partial charge in [-0.3, -0.25) is 14.5 Å². The van der Waals surface area contributed by atoms with Crippen LogP contribution in [0.25, 0.3) is 0 Å². The predicted octanol–water partition coefficient (Wildman–Crippen LogP) is 1.59. The molecule has 1 aliphatic rings. The normalized spacial score (nSPS) is 17.2. The van der Waals surface area contributed by atoms with Gasteiger partial charge < -0.3 is 9.52 Å². The largest absolute Gasteiger partial charge is 0.503 e. The van der Waals surface area contributed by atoms with Crippen LogP contribution >= 0.6 is 0 Å². The Morgan fingerprint density at radius 3 is 2.58 bits per heavy atom. The zero-order valence-corrected chi connectivity index (χ0v) is 13.6. The van der Waals surface area contributed by atoms with Gasteiger partial charge in [0.15, 0.2) is 11.5 Å². The summed E-state index contributed by atoms with van der Waals surface area (Å²) in [4.78, 5) is 27.9. The Bertz CT molecular complexity index is 1010. The summed E-state index contributed by atoms with van der Waals surface area (Å²) in [6, 6.07) is 11.0. The molecule has 0 bridgehead atoms. The van der Waals surface area contributed by atoms with E-state index in [0.717, 1.165) is 4.90 Å². The number of aryl methyl sites for hydroxylation is 1. The summed E-state index contributed by atoms with van der Waals surface area (Å²) in [6.07, 6.45) is 1.35. The van der Waals surface area contributed by atoms with Gasteiger partial charge in [-0.05, 0) is 22.9 Å². The van der Waals surface area contributed by atoms with E-state index in [2.05, 4.69) is 15.4 Å². The summed E-state index contributed by atoms with van der Waals surface area (Å²) in [6.45, 7) is 0. The number of tetrazole rings is 1. The van der Waals surface area contributed by atoms with Crippen molar-refractivity contribution in [3.05, 3.63) is 71.4 Å². The van der Waals surface area contributed by atoms with E-state index in [1.165, 1.54) is 17.1 Å². The molecule has 1 N–H and O–H groups in total. The van der Waals surface area contributed by atoms with Crippen molar-refractivity contribution < 1.29 is 19.1 Å². The molecule has 130 valence electrons. The highest BCUT2D eigenvalue weighted by atomic mass is 16.3. The van der Waals surface area contributed by atoms with Crippen molar-refractivity contribution in [2.45, 2.75) is 6.04 Å². The summed E-state index contributed by atoms with van der Waals surface area (Å²) in [5.74, 6) is -2.01. The van der Waals surface area contributed by atoms with E-state index in [4.69, 9.17) is 4.42 Å². The molecule has 0 spiro atoms. The minimum absolute atomic E-state index is 0.0138. The lowest BCUT2D eigenvalue weighted by atomic mass is 9.95. The van der Waals surface area contributed by atoms with Gasteiger partial charge in [-0.15, -0.1) is 5.10 Å². The molecule has 0 saturated carbocycles. The lowest BCUT2D eigenvalue weighted by Gasteiger charge is -2.23. The quantitative estimate of drug-likeness (QED) is 0.710. The molecule has 1 atom stereocenters. The second-order valence-electron chi connectivity index (χ2n) is 5.64. The number of hydrogen-bond donors (Lipinski definition) is 1. The summed E-state index contributed by atoms with van der Waals surface area (Å²) in [5, 5.41) is 22.1. The molecule has 1 aliphatic heterocycles.